The summed E-state index contributed by atoms with van der Waals surface area (Å²) in [5.41, 5.74) is 3.08. The lowest BCUT2D eigenvalue weighted by atomic mass is 10.2. The van der Waals surface area contributed by atoms with Crippen molar-refractivity contribution in [2.45, 2.75) is 11.0 Å². The number of carbonyl (C=O) groups is 2. The molecule has 0 bridgehead atoms. The van der Waals surface area contributed by atoms with Crippen LogP contribution in [0.1, 0.15) is 10.6 Å². The van der Waals surface area contributed by atoms with Gasteiger partial charge < -0.3 is 9.15 Å². The molecule has 2 amide bonds. The van der Waals surface area contributed by atoms with Crippen LogP contribution in [0, 0.1) is 0 Å². The smallest absolute Gasteiger partial charge is 0.270 e. The van der Waals surface area contributed by atoms with Crippen LogP contribution in [0.3, 0.4) is 0 Å². The molecule has 0 aliphatic carbocycles. The van der Waals surface area contributed by atoms with E-state index in [2.05, 4.69) is 20.5 Å². The minimum absolute atomic E-state index is 0.159. The summed E-state index contributed by atoms with van der Waals surface area (Å²) < 4.78 is 11.8. The van der Waals surface area contributed by atoms with Crippen molar-refractivity contribution in [3.05, 3.63) is 94.3 Å². The van der Waals surface area contributed by atoms with E-state index < -0.39 is 0 Å². The van der Waals surface area contributed by atoms with E-state index in [1.807, 2.05) is 66.7 Å². The van der Waals surface area contributed by atoms with Crippen molar-refractivity contribution in [1.29, 1.82) is 0 Å². The average Bonchev–Trinajstić information content (AvgIpc) is 3.69. The van der Waals surface area contributed by atoms with Gasteiger partial charge in [-0.05, 0) is 48.0 Å². The third kappa shape index (κ3) is 6.49. The maximum Gasteiger partial charge on any atom is 0.270 e. The van der Waals surface area contributed by atoms with Gasteiger partial charge in [0.1, 0.15) is 16.3 Å². The van der Waals surface area contributed by atoms with Crippen LogP contribution in [0.4, 0.5) is 10.8 Å². The lowest BCUT2D eigenvalue weighted by molar-refractivity contribution is -0.118. The van der Waals surface area contributed by atoms with E-state index in [0.29, 0.717) is 31.1 Å². The number of amides is 2. The van der Waals surface area contributed by atoms with E-state index in [9.17, 15) is 9.59 Å². The standard InChI is InChI=1S/C28H19N5O4S4/c34-23(30-26-32-31-24(41-26)16-39-27-29-20-8-4-5-9-21(20)37-27)15-36-19-12-10-17(11-13-19)14-22-25(35)33(28(38)40-22)18-6-2-1-3-7-18/h1-14H,15-16H2,(H,30,32,34)/b22-14-. The fourth-order valence-electron chi connectivity index (χ4n) is 3.78. The molecule has 41 heavy (non-hydrogen) atoms. The van der Waals surface area contributed by atoms with E-state index in [1.165, 1.54) is 39.8 Å². The van der Waals surface area contributed by atoms with Crippen molar-refractivity contribution in [2.24, 2.45) is 0 Å². The van der Waals surface area contributed by atoms with Crippen LogP contribution in [-0.2, 0) is 15.3 Å². The number of nitrogens with one attached hydrogen (secondary N) is 1. The Morgan fingerprint density at radius 3 is 2.63 bits per heavy atom. The summed E-state index contributed by atoms with van der Waals surface area (Å²) in [5, 5.41) is 12.5. The van der Waals surface area contributed by atoms with Gasteiger partial charge in [-0.3, -0.25) is 19.8 Å². The number of thiocarbonyl (C=S) groups is 1. The number of benzene rings is 3. The molecule has 1 aliphatic heterocycles. The first kappa shape index (κ1) is 27.1. The van der Waals surface area contributed by atoms with Gasteiger partial charge in [-0.15, -0.1) is 10.2 Å². The van der Waals surface area contributed by atoms with Crippen molar-refractivity contribution in [3.63, 3.8) is 0 Å². The van der Waals surface area contributed by atoms with Crippen LogP contribution in [-0.4, -0.2) is 37.9 Å². The Morgan fingerprint density at radius 2 is 1.83 bits per heavy atom. The zero-order chi connectivity index (χ0) is 28.2. The minimum Gasteiger partial charge on any atom is -0.484 e. The Bertz CT molecular complexity index is 1740. The van der Waals surface area contributed by atoms with Crippen LogP contribution in [0.25, 0.3) is 17.2 Å². The number of hydrogen-bond donors (Lipinski definition) is 1. The molecule has 0 unspecified atom stereocenters. The predicted octanol–water partition coefficient (Wildman–Crippen LogP) is 6.39. The van der Waals surface area contributed by atoms with Crippen molar-refractivity contribution in [2.75, 3.05) is 16.8 Å². The molecule has 1 aliphatic rings. The zero-order valence-electron chi connectivity index (χ0n) is 21.1. The molecule has 13 heteroatoms. The maximum atomic E-state index is 12.9. The van der Waals surface area contributed by atoms with Gasteiger partial charge in [-0.2, -0.15) is 0 Å². The second kappa shape index (κ2) is 12.2. The fourth-order valence-corrected chi connectivity index (χ4v) is 6.66. The lowest BCUT2D eigenvalue weighted by Crippen LogP contribution is -2.27. The van der Waals surface area contributed by atoms with Crippen LogP contribution in [0.15, 0.2) is 93.4 Å². The van der Waals surface area contributed by atoms with Gasteiger partial charge >= 0.3 is 0 Å². The number of carbonyl (C=O) groups excluding carboxylic acids is 2. The van der Waals surface area contributed by atoms with Crippen molar-refractivity contribution in [1.82, 2.24) is 15.2 Å². The molecule has 1 N–H and O–H groups in total. The van der Waals surface area contributed by atoms with Crippen LogP contribution in [0.2, 0.25) is 0 Å². The zero-order valence-corrected chi connectivity index (χ0v) is 24.3. The SMILES string of the molecule is O=C(COc1ccc(/C=C2\SC(=S)N(c3ccccc3)C2=O)cc1)Nc1nnc(CSc2nc3ccccc3o2)s1. The number of rotatable bonds is 9. The molecule has 3 heterocycles. The quantitative estimate of drug-likeness (QED) is 0.113. The maximum absolute atomic E-state index is 12.9. The van der Waals surface area contributed by atoms with Crippen LogP contribution >= 0.6 is 47.1 Å². The predicted molar refractivity (Wildman–Crippen MR) is 166 cm³/mol. The molecule has 0 spiro atoms. The summed E-state index contributed by atoms with van der Waals surface area (Å²) in [5.74, 6) is 0.516. The first-order valence-electron chi connectivity index (χ1n) is 12.2. The number of oxazole rings is 1. The number of fused-ring (bicyclic) bond motifs is 1. The van der Waals surface area contributed by atoms with Crippen molar-refractivity contribution < 1.29 is 18.7 Å². The van der Waals surface area contributed by atoms with Gasteiger partial charge in [0.2, 0.25) is 5.13 Å². The van der Waals surface area contributed by atoms with Crippen LogP contribution < -0.4 is 15.0 Å². The van der Waals surface area contributed by atoms with Gasteiger partial charge in [-0.25, -0.2) is 4.98 Å². The van der Waals surface area contributed by atoms with E-state index in [0.717, 1.165) is 27.4 Å². The molecule has 9 nitrogen and oxygen atoms in total. The molecule has 1 saturated heterocycles. The highest BCUT2D eigenvalue weighted by molar-refractivity contribution is 8.27. The summed E-state index contributed by atoms with van der Waals surface area (Å²) in [6.45, 7) is -0.193. The topological polar surface area (TPSA) is 110 Å². The Balaban J connectivity index is 0.986. The van der Waals surface area contributed by atoms with Crippen molar-refractivity contribution in [3.8, 4) is 5.75 Å². The molecule has 204 valence electrons. The van der Waals surface area contributed by atoms with Gasteiger partial charge in [0.15, 0.2) is 16.5 Å². The monoisotopic (exact) mass is 617 g/mol. The molecule has 6 rings (SSSR count). The third-order valence-electron chi connectivity index (χ3n) is 5.66. The van der Waals surface area contributed by atoms with E-state index in [1.54, 1.807) is 18.2 Å². The second-order valence-electron chi connectivity index (χ2n) is 8.50. The third-order valence-corrected chi connectivity index (χ3v) is 8.83. The molecule has 2 aromatic heterocycles. The number of thioether (sulfide) groups is 2. The number of anilines is 2. The molecule has 0 atom stereocenters. The summed E-state index contributed by atoms with van der Waals surface area (Å²) in [4.78, 5) is 31.8. The number of ether oxygens (including phenoxy) is 1. The largest absolute Gasteiger partial charge is 0.484 e. The number of aromatic nitrogens is 3. The summed E-state index contributed by atoms with van der Waals surface area (Å²) >= 11 is 9.37. The highest BCUT2D eigenvalue weighted by atomic mass is 32.2. The highest BCUT2D eigenvalue weighted by Crippen LogP contribution is 2.36. The molecular formula is C28H19N5O4S4. The van der Waals surface area contributed by atoms with Gasteiger partial charge in [-0.1, -0.05) is 89.5 Å². The lowest BCUT2D eigenvalue weighted by Gasteiger charge is -2.13. The summed E-state index contributed by atoms with van der Waals surface area (Å²) in [7, 11) is 0. The number of nitrogens with zero attached hydrogens (tertiary/aromatic N) is 4. The van der Waals surface area contributed by atoms with Gasteiger partial charge in [0.25, 0.3) is 17.0 Å². The molecule has 0 radical (unpaired) electrons. The first-order chi connectivity index (χ1) is 20.0. The highest BCUT2D eigenvalue weighted by Gasteiger charge is 2.33. The minimum atomic E-state index is -0.354. The molecule has 0 saturated carbocycles. The Morgan fingerprint density at radius 1 is 1.05 bits per heavy atom. The Hall–Kier alpha value is -4.04. The molecule has 3 aromatic carbocycles. The summed E-state index contributed by atoms with van der Waals surface area (Å²) in [6, 6.07) is 24.0. The van der Waals surface area contributed by atoms with E-state index in [4.69, 9.17) is 21.4 Å². The van der Waals surface area contributed by atoms with E-state index in [-0.39, 0.29) is 18.4 Å². The Labute approximate surface area is 252 Å². The summed E-state index contributed by atoms with van der Waals surface area (Å²) in [6.07, 6.45) is 1.79. The second-order valence-corrected chi connectivity index (χ2v) is 12.2. The number of para-hydroxylation sites is 3. The first-order valence-corrected chi connectivity index (χ1v) is 15.2. The van der Waals surface area contributed by atoms with Crippen LogP contribution in [0.5, 0.6) is 5.75 Å². The van der Waals surface area contributed by atoms with Gasteiger partial charge in [0, 0.05) is 0 Å². The molecule has 5 aromatic rings. The molecule has 1 fully saturated rings. The normalized spacial score (nSPS) is 14.2. The molecular weight excluding hydrogens is 599 g/mol. The van der Waals surface area contributed by atoms with Crippen molar-refractivity contribution >= 4 is 91.2 Å². The van der Waals surface area contributed by atoms with Gasteiger partial charge in [0.05, 0.1) is 16.3 Å². The Kier molecular flexibility index (Phi) is 8.09. The average molecular weight is 618 g/mol. The number of hydrogen-bond acceptors (Lipinski definition) is 11. The van der Waals surface area contributed by atoms with E-state index >= 15 is 0 Å². The fraction of sp³-hybridized carbons (Fsp3) is 0.0714.